The summed E-state index contributed by atoms with van der Waals surface area (Å²) >= 11 is 0. The van der Waals surface area contributed by atoms with Gasteiger partial charge in [-0.25, -0.2) is 0 Å². The summed E-state index contributed by atoms with van der Waals surface area (Å²) in [6, 6.07) is 22.3. The fraction of sp³-hybridized carbons (Fsp3) is 0.0588. The molecule has 3 aromatic rings. The Labute approximate surface area is 119 Å². The van der Waals surface area contributed by atoms with Gasteiger partial charge in [0.05, 0.1) is 7.11 Å². The zero-order chi connectivity index (χ0) is 13.9. The van der Waals surface area contributed by atoms with Crippen molar-refractivity contribution in [1.29, 1.82) is 0 Å². The number of fused-ring (bicyclic) bond motifs is 1. The second kappa shape index (κ2) is 5.39. The van der Waals surface area contributed by atoms with E-state index in [9.17, 15) is 4.46 Å². The van der Waals surface area contributed by atoms with Gasteiger partial charge in [0.25, 0.3) is 0 Å². The predicted molar refractivity (Wildman–Crippen MR) is 82.5 cm³/mol. The third-order valence-electron chi connectivity index (χ3n) is 3.41. The maximum Gasteiger partial charge on any atom is 0.539 e. The van der Waals surface area contributed by atoms with Gasteiger partial charge in [0.15, 0.2) is 0 Å². The van der Waals surface area contributed by atoms with E-state index in [-0.39, 0.29) is 0 Å². The maximum atomic E-state index is 11.6. The molecule has 0 N–H and O–H groups in total. The van der Waals surface area contributed by atoms with Crippen molar-refractivity contribution in [3.05, 3.63) is 66.7 Å². The van der Waals surface area contributed by atoms with Crippen LogP contribution in [0.3, 0.4) is 0 Å². The SMILES string of the molecule is CO[Si](=O)c1ccc(-c2cccc3ccccc23)cc1. The standard InChI is InChI=1S/C17H14O2Si/c1-19-20(18)15-11-9-14(10-12-15)17-8-4-6-13-5-2-3-7-16(13)17/h2-12H,1H3. The highest BCUT2D eigenvalue weighted by atomic mass is 28.3. The Balaban J connectivity index is 2.09. The normalized spacial score (nSPS) is 10.4. The van der Waals surface area contributed by atoms with Crippen LogP contribution in [0.5, 0.6) is 0 Å². The zero-order valence-electron chi connectivity index (χ0n) is 11.2. The van der Waals surface area contributed by atoms with Crippen molar-refractivity contribution in [2.24, 2.45) is 0 Å². The van der Waals surface area contributed by atoms with Gasteiger partial charge in [-0.3, -0.25) is 0 Å². The highest BCUT2D eigenvalue weighted by molar-refractivity contribution is 6.53. The second-order valence-electron chi connectivity index (χ2n) is 4.60. The molecule has 0 aromatic heterocycles. The molecule has 0 amide bonds. The first-order chi connectivity index (χ1) is 9.79. The molecule has 98 valence electrons. The molecule has 0 aliphatic heterocycles. The summed E-state index contributed by atoms with van der Waals surface area (Å²) in [5, 5.41) is 3.20. The Bertz CT molecular complexity index is 758. The lowest BCUT2D eigenvalue weighted by Gasteiger charge is -2.07. The van der Waals surface area contributed by atoms with E-state index in [1.165, 1.54) is 23.4 Å². The Hall–Kier alpha value is -2.26. The smallest absolute Gasteiger partial charge is 0.524 e. The fourth-order valence-corrected chi connectivity index (χ4v) is 3.06. The first kappa shape index (κ1) is 12.8. The van der Waals surface area contributed by atoms with Crippen molar-refractivity contribution in [3.8, 4) is 11.1 Å². The Morgan fingerprint density at radius 1 is 0.850 bits per heavy atom. The van der Waals surface area contributed by atoms with E-state index in [0.29, 0.717) is 0 Å². The first-order valence-electron chi connectivity index (χ1n) is 6.46. The number of benzene rings is 3. The Kier molecular flexibility index (Phi) is 3.44. The summed E-state index contributed by atoms with van der Waals surface area (Å²) in [6.45, 7) is 0. The average molecular weight is 278 g/mol. The molecule has 0 atom stereocenters. The van der Waals surface area contributed by atoms with Crippen molar-refractivity contribution < 1.29 is 8.89 Å². The summed E-state index contributed by atoms with van der Waals surface area (Å²) < 4.78 is 16.5. The predicted octanol–water partition coefficient (Wildman–Crippen LogP) is 3.28. The summed E-state index contributed by atoms with van der Waals surface area (Å²) in [7, 11) is -0.624. The van der Waals surface area contributed by atoms with Gasteiger partial charge in [0, 0.05) is 5.19 Å². The number of rotatable bonds is 3. The van der Waals surface area contributed by atoms with Crippen LogP contribution in [0.4, 0.5) is 0 Å². The van der Waals surface area contributed by atoms with Gasteiger partial charge < -0.3 is 8.89 Å². The molecule has 20 heavy (non-hydrogen) atoms. The van der Waals surface area contributed by atoms with E-state index in [2.05, 4.69) is 30.3 Å². The third kappa shape index (κ3) is 2.28. The summed E-state index contributed by atoms with van der Waals surface area (Å²) in [5.74, 6) is 0. The van der Waals surface area contributed by atoms with Crippen LogP contribution in [-0.2, 0) is 8.89 Å². The number of hydrogen-bond donors (Lipinski definition) is 0. The van der Waals surface area contributed by atoms with E-state index < -0.39 is 8.93 Å². The monoisotopic (exact) mass is 278 g/mol. The highest BCUT2D eigenvalue weighted by Gasteiger charge is 2.10. The third-order valence-corrected chi connectivity index (χ3v) is 4.58. The number of hydrogen-bond acceptors (Lipinski definition) is 2. The Morgan fingerprint density at radius 2 is 1.55 bits per heavy atom. The lowest BCUT2D eigenvalue weighted by molar-refractivity contribution is 0.376. The molecule has 2 nitrogen and oxygen atoms in total. The van der Waals surface area contributed by atoms with E-state index in [0.717, 1.165) is 10.8 Å². The molecule has 0 saturated carbocycles. The molecule has 0 bridgehead atoms. The van der Waals surface area contributed by atoms with E-state index >= 15 is 0 Å². The van der Waals surface area contributed by atoms with E-state index in [1.807, 2.05) is 36.4 Å². The molecule has 0 aliphatic carbocycles. The minimum absolute atomic E-state index is 0.751. The van der Waals surface area contributed by atoms with Gasteiger partial charge in [-0.2, -0.15) is 0 Å². The minimum Gasteiger partial charge on any atom is -0.524 e. The molecule has 3 heteroatoms. The molecular formula is C17H14O2Si. The van der Waals surface area contributed by atoms with Crippen LogP contribution >= 0.6 is 0 Å². The topological polar surface area (TPSA) is 26.3 Å². The quantitative estimate of drug-likeness (QED) is 0.687. The summed E-state index contributed by atoms with van der Waals surface area (Å²) in [6.07, 6.45) is 0. The largest absolute Gasteiger partial charge is 0.539 e. The molecule has 3 aromatic carbocycles. The fourth-order valence-electron chi connectivity index (χ4n) is 2.38. The van der Waals surface area contributed by atoms with Crippen molar-refractivity contribution in [2.45, 2.75) is 0 Å². The van der Waals surface area contributed by atoms with Crippen molar-refractivity contribution in [1.82, 2.24) is 0 Å². The van der Waals surface area contributed by atoms with Crippen LogP contribution in [-0.4, -0.2) is 16.0 Å². The van der Waals surface area contributed by atoms with Gasteiger partial charge in [0.2, 0.25) is 0 Å². The van der Waals surface area contributed by atoms with E-state index in [4.69, 9.17) is 4.43 Å². The minimum atomic E-state index is -2.10. The van der Waals surface area contributed by atoms with Crippen molar-refractivity contribution >= 4 is 24.9 Å². The van der Waals surface area contributed by atoms with Gasteiger partial charge in [-0.05, 0) is 21.9 Å². The lowest BCUT2D eigenvalue weighted by Crippen LogP contribution is -2.22. The molecule has 0 unspecified atom stereocenters. The van der Waals surface area contributed by atoms with Gasteiger partial charge >= 0.3 is 8.93 Å². The van der Waals surface area contributed by atoms with Crippen LogP contribution in [0.1, 0.15) is 0 Å². The summed E-state index contributed by atoms with van der Waals surface area (Å²) in [4.78, 5) is 0. The Morgan fingerprint density at radius 3 is 2.30 bits per heavy atom. The molecule has 0 heterocycles. The maximum absolute atomic E-state index is 11.6. The molecule has 0 spiro atoms. The van der Waals surface area contributed by atoms with Crippen LogP contribution < -0.4 is 5.19 Å². The van der Waals surface area contributed by atoms with Crippen LogP contribution in [0.25, 0.3) is 21.9 Å². The molecule has 0 aliphatic rings. The van der Waals surface area contributed by atoms with E-state index in [1.54, 1.807) is 0 Å². The first-order valence-corrected chi connectivity index (χ1v) is 7.78. The molecular weight excluding hydrogens is 264 g/mol. The lowest BCUT2D eigenvalue weighted by atomic mass is 9.98. The van der Waals surface area contributed by atoms with Crippen LogP contribution in [0, 0.1) is 0 Å². The summed E-state index contributed by atoms with van der Waals surface area (Å²) in [5.41, 5.74) is 2.31. The highest BCUT2D eigenvalue weighted by Crippen LogP contribution is 2.27. The molecule has 3 rings (SSSR count). The molecule has 0 saturated heterocycles. The van der Waals surface area contributed by atoms with Crippen LogP contribution in [0.15, 0.2) is 66.7 Å². The van der Waals surface area contributed by atoms with Crippen molar-refractivity contribution in [2.75, 3.05) is 7.11 Å². The second-order valence-corrected chi connectivity index (χ2v) is 6.16. The molecule has 0 radical (unpaired) electrons. The zero-order valence-corrected chi connectivity index (χ0v) is 12.2. The van der Waals surface area contributed by atoms with Gasteiger partial charge in [-0.1, -0.05) is 66.7 Å². The van der Waals surface area contributed by atoms with Crippen LogP contribution in [0.2, 0.25) is 0 Å². The van der Waals surface area contributed by atoms with Crippen molar-refractivity contribution in [3.63, 3.8) is 0 Å². The van der Waals surface area contributed by atoms with Gasteiger partial charge in [-0.15, -0.1) is 0 Å². The molecule has 0 fully saturated rings. The average Bonchev–Trinajstić information content (AvgIpc) is 2.54. The van der Waals surface area contributed by atoms with Gasteiger partial charge in [0.1, 0.15) is 0 Å².